The molecule has 2 atom stereocenters. The van der Waals surface area contributed by atoms with E-state index in [1.54, 1.807) is 7.05 Å². The van der Waals surface area contributed by atoms with Gasteiger partial charge in [0.15, 0.2) is 0 Å². The summed E-state index contributed by atoms with van der Waals surface area (Å²) >= 11 is 0. The van der Waals surface area contributed by atoms with E-state index in [9.17, 15) is 8.78 Å². The highest BCUT2D eigenvalue weighted by Crippen LogP contribution is 2.34. The summed E-state index contributed by atoms with van der Waals surface area (Å²) in [6, 6.07) is 11.4. The fraction of sp³-hybridized carbons (Fsp3) is 0.294. The molecule has 0 spiro atoms. The first-order valence-electron chi connectivity index (χ1n) is 7.02. The highest BCUT2D eigenvalue weighted by Gasteiger charge is 2.29. The normalized spacial score (nSPS) is 18.7. The summed E-state index contributed by atoms with van der Waals surface area (Å²) in [5.41, 5.74) is 1.60. The van der Waals surface area contributed by atoms with Crippen LogP contribution in [0, 0.1) is 17.6 Å². The maximum atomic E-state index is 14.0. The van der Waals surface area contributed by atoms with Gasteiger partial charge in [0.2, 0.25) is 0 Å². The highest BCUT2D eigenvalue weighted by atomic mass is 19.1. The number of hydrogen-bond donors (Lipinski definition) is 1. The molecule has 2 aromatic rings. The van der Waals surface area contributed by atoms with Gasteiger partial charge < -0.3 is 10.1 Å². The third-order valence-corrected chi connectivity index (χ3v) is 3.99. The van der Waals surface area contributed by atoms with Crippen molar-refractivity contribution < 1.29 is 13.5 Å². The number of hydrogen-bond acceptors (Lipinski definition) is 2. The largest absolute Gasteiger partial charge is 0.493 e. The van der Waals surface area contributed by atoms with Crippen molar-refractivity contribution in [1.82, 2.24) is 5.32 Å². The summed E-state index contributed by atoms with van der Waals surface area (Å²) in [7, 11) is 1.79. The molecule has 0 bridgehead atoms. The number of nitrogens with one attached hydrogen (secondary N) is 1. The third-order valence-electron chi connectivity index (χ3n) is 3.99. The monoisotopic (exact) mass is 289 g/mol. The van der Waals surface area contributed by atoms with Crippen molar-refractivity contribution >= 4 is 0 Å². The summed E-state index contributed by atoms with van der Waals surface area (Å²) in [4.78, 5) is 0. The maximum absolute atomic E-state index is 14.0. The summed E-state index contributed by atoms with van der Waals surface area (Å²) < 4.78 is 32.9. The van der Waals surface area contributed by atoms with Gasteiger partial charge in [0.1, 0.15) is 17.4 Å². The molecule has 0 aliphatic carbocycles. The van der Waals surface area contributed by atoms with Gasteiger partial charge in [-0.15, -0.1) is 0 Å². The fourth-order valence-electron chi connectivity index (χ4n) is 2.96. The maximum Gasteiger partial charge on any atom is 0.130 e. The topological polar surface area (TPSA) is 21.3 Å². The first kappa shape index (κ1) is 14.0. The summed E-state index contributed by atoms with van der Waals surface area (Å²) in [6.45, 7) is 0.513. The van der Waals surface area contributed by atoms with Gasteiger partial charge in [-0.3, -0.25) is 0 Å². The van der Waals surface area contributed by atoms with Crippen molar-refractivity contribution in [3.05, 3.63) is 65.2 Å². The number of benzene rings is 2. The second-order valence-electron chi connectivity index (χ2n) is 5.32. The molecule has 1 aliphatic rings. The van der Waals surface area contributed by atoms with Crippen LogP contribution in [-0.4, -0.2) is 13.7 Å². The van der Waals surface area contributed by atoms with Crippen molar-refractivity contribution in [3.8, 4) is 5.75 Å². The van der Waals surface area contributed by atoms with Crippen LogP contribution in [0.25, 0.3) is 0 Å². The van der Waals surface area contributed by atoms with E-state index in [0.717, 1.165) is 23.8 Å². The van der Waals surface area contributed by atoms with Crippen LogP contribution in [0.15, 0.2) is 42.5 Å². The first-order chi connectivity index (χ1) is 10.2. The van der Waals surface area contributed by atoms with Gasteiger partial charge >= 0.3 is 0 Å². The lowest BCUT2D eigenvalue weighted by Crippen LogP contribution is -2.34. The average Bonchev–Trinajstić information content (AvgIpc) is 2.50. The zero-order valence-electron chi connectivity index (χ0n) is 11.8. The van der Waals surface area contributed by atoms with Crippen LogP contribution in [0.4, 0.5) is 8.78 Å². The van der Waals surface area contributed by atoms with Gasteiger partial charge in [-0.2, -0.15) is 0 Å². The van der Waals surface area contributed by atoms with Gasteiger partial charge in [0, 0.05) is 23.6 Å². The van der Waals surface area contributed by atoms with Gasteiger partial charge in [0.05, 0.1) is 6.61 Å². The summed E-state index contributed by atoms with van der Waals surface area (Å²) in [5, 5.41) is 3.14. The molecule has 1 N–H and O–H groups in total. The summed E-state index contributed by atoms with van der Waals surface area (Å²) in [6.07, 6.45) is 0.804. The Morgan fingerprint density at radius 3 is 2.76 bits per heavy atom. The lowest BCUT2D eigenvalue weighted by Gasteiger charge is -2.32. The van der Waals surface area contributed by atoms with E-state index in [-0.39, 0.29) is 12.0 Å². The number of rotatable bonds is 3. The first-order valence-corrected chi connectivity index (χ1v) is 7.02. The van der Waals surface area contributed by atoms with Crippen LogP contribution in [0.5, 0.6) is 5.75 Å². The standard InChI is InChI=1S/C17H17F2NO/c1-20-17(14-7-6-13(18)9-15(14)19)12-8-11-4-2-3-5-16(11)21-10-12/h2-7,9,12,17,20H,8,10H2,1H3. The number of ether oxygens (including phenoxy) is 1. The SMILES string of the molecule is CNC(c1ccc(F)cc1F)C1COc2ccccc2C1. The number of fused-ring (bicyclic) bond motifs is 1. The molecule has 21 heavy (non-hydrogen) atoms. The molecule has 0 fully saturated rings. The third kappa shape index (κ3) is 2.76. The smallest absolute Gasteiger partial charge is 0.130 e. The van der Waals surface area contributed by atoms with E-state index in [1.165, 1.54) is 12.1 Å². The number of halogens is 2. The minimum absolute atomic E-state index is 0.102. The second-order valence-corrected chi connectivity index (χ2v) is 5.32. The molecule has 0 radical (unpaired) electrons. The molecule has 0 amide bonds. The van der Waals surface area contributed by atoms with E-state index < -0.39 is 11.6 Å². The van der Waals surface area contributed by atoms with E-state index in [0.29, 0.717) is 12.2 Å². The minimum Gasteiger partial charge on any atom is -0.493 e. The lowest BCUT2D eigenvalue weighted by atomic mass is 9.86. The van der Waals surface area contributed by atoms with Gasteiger partial charge in [-0.1, -0.05) is 24.3 Å². The van der Waals surface area contributed by atoms with E-state index in [1.807, 2.05) is 24.3 Å². The predicted octanol–water partition coefficient (Wildman–Crippen LogP) is 3.48. The highest BCUT2D eigenvalue weighted by molar-refractivity contribution is 5.36. The van der Waals surface area contributed by atoms with Crippen molar-refractivity contribution in [1.29, 1.82) is 0 Å². The van der Waals surface area contributed by atoms with E-state index >= 15 is 0 Å². The zero-order chi connectivity index (χ0) is 14.8. The Labute approximate surface area is 122 Å². The Balaban J connectivity index is 1.88. The van der Waals surface area contributed by atoms with Crippen LogP contribution in [-0.2, 0) is 6.42 Å². The second kappa shape index (κ2) is 5.82. The molecular weight excluding hydrogens is 272 g/mol. The van der Waals surface area contributed by atoms with Crippen molar-refractivity contribution in [2.45, 2.75) is 12.5 Å². The van der Waals surface area contributed by atoms with Crippen LogP contribution in [0.1, 0.15) is 17.2 Å². The lowest BCUT2D eigenvalue weighted by molar-refractivity contribution is 0.186. The molecule has 1 aliphatic heterocycles. The fourth-order valence-corrected chi connectivity index (χ4v) is 2.96. The van der Waals surface area contributed by atoms with E-state index in [2.05, 4.69) is 5.32 Å². The van der Waals surface area contributed by atoms with Crippen LogP contribution < -0.4 is 10.1 Å². The van der Waals surface area contributed by atoms with Crippen molar-refractivity contribution in [2.75, 3.05) is 13.7 Å². The Bertz CT molecular complexity index is 644. The van der Waals surface area contributed by atoms with Gasteiger partial charge in [-0.05, 0) is 31.2 Å². The number of para-hydroxylation sites is 1. The molecule has 2 nitrogen and oxygen atoms in total. The molecule has 2 unspecified atom stereocenters. The van der Waals surface area contributed by atoms with Gasteiger partial charge in [0.25, 0.3) is 0 Å². The predicted molar refractivity (Wildman–Crippen MR) is 77.3 cm³/mol. The molecule has 110 valence electrons. The molecule has 1 heterocycles. The van der Waals surface area contributed by atoms with Crippen LogP contribution in [0.3, 0.4) is 0 Å². The van der Waals surface area contributed by atoms with Crippen molar-refractivity contribution in [2.24, 2.45) is 5.92 Å². The van der Waals surface area contributed by atoms with Crippen molar-refractivity contribution in [3.63, 3.8) is 0 Å². The zero-order valence-corrected chi connectivity index (χ0v) is 11.8. The van der Waals surface area contributed by atoms with Crippen LogP contribution in [0.2, 0.25) is 0 Å². The Morgan fingerprint density at radius 2 is 2.00 bits per heavy atom. The molecule has 0 saturated heterocycles. The molecule has 3 rings (SSSR count). The molecule has 4 heteroatoms. The Kier molecular flexibility index (Phi) is 3.88. The minimum atomic E-state index is -0.559. The van der Waals surface area contributed by atoms with E-state index in [4.69, 9.17) is 4.74 Å². The quantitative estimate of drug-likeness (QED) is 0.934. The van der Waals surface area contributed by atoms with Gasteiger partial charge in [-0.25, -0.2) is 8.78 Å². The molecular formula is C17H17F2NO. The van der Waals surface area contributed by atoms with Crippen LogP contribution >= 0.6 is 0 Å². The summed E-state index contributed by atoms with van der Waals surface area (Å²) in [5.74, 6) is -0.0856. The Morgan fingerprint density at radius 1 is 1.19 bits per heavy atom. The molecule has 0 saturated carbocycles. The molecule has 2 aromatic carbocycles. The molecule has 0 aromatic heterocycles. The Hall–Kier alpha value is -1.94. The average molecular weight is 289 g/mol.